The van der Waals surface area contributed by atoms with E-state index in [-0.39, 0.29) is 23.2 Å². The smallest absolute Gasteiger partial charge is 0.230 e. The number of amides is 1. The molecule has 1 saturated heterocycles. The van der Waals surface area contributed by atoms with Crippen LogP contribution >= 0.6 is 12.2 Å². The fourth-order valence-electron chi connectivity index (χ4n) is 5.14. The minimum Gasteiger partial charge on any atom is -0.493 e. The Balaban J connectivity index is 0.000000561. The number of aromatic nitrogens is 1. The van der Waals surface area contributed by atoms with E-state index in [4.69, 9.17) is 32.2 Å². The summed E-state index contributed by atoms with van der Waals surface area (Å²) < 4.78 is 32.4. The van der Waals surface area contributed by atoms with Gasteiger partial charge in [0.25, 0.3) is 0 Å². The molecule has 9 nitrogen and oxygen atoms in total. The molecule has 0 bridgehead atoms. The molecule has 11 heteroatoms. The van der Waals surface area contributed by atoms with Gasteiger partial charge in [0.1, 0.15) is 12.4 Å². The first-order valence-electron chi connectivity index (χ1n) is 14.4. The SMILES string of the molecule is COc1cc2c(Oc3ccc(N(C(C)=O)C(N)=S)cc3F)ccnc2cc1OCCN1CCC(CO)CC1.c1cc2cc-2c1. The van der Waals surface area contributed by atoms with Crippen LogP contribution in [0.5, 0.6) is 23.0 Å². The van der Waals surface area contributed by atoms with E-state index < -0.39 is 11.7 Å². The molecule has 44 heavy (non-hydrogen) atoms. The Morgan fingerprint density at radius 1 is 1.07 bits per heavy atom. The van der Waals surface area contributed by atoms with Gasteiger partial charge in [-0.05, 0) is 85.5 Å². The summed E-state index contributed by atoms with van der Waals surface area (Å²) in [6.07, 6.45) is 3.54. The highest BCUT2D eigenvalue weighted by atomic mass is 32.1. The second-order valence-corrected chi connectivity index (χ2v) is 11.1. The zero-order valence-electron chi connectivity index (χ0n) is 24.7. The molecule has 2 heterocycles. The summed E-state index contributed by atoms with van der Waals surface area (Å²) >= 11 is 4.90. The number of aliphatic hydroxyl groups is 1. The number of hydrogen-bond donors (Lipinski definition) is 2. The number of aliphatic hydroxyl groups excluding tert-OH is 1. The molecule has 1 aromatic heterocycles. The van der Waals surface area contributed by atoms with Crippen LogP contribution in [0.15, 0.2) is 66.9 Å². The van der Waals surface area contributed by atoms with Gasteiger partial charge in [0, 0.05) is 43.8 Å². The molecule has 2 aromatic carbocycles. The highest BCUT2D eigenvalue weighted by Crippen LogP contribution is 2.38. The zero-order valence-corrected chi connectivity index (χ0v) is 25.5. The van der Waals surface area contributed by atoms with Crippen LogP contribution in [0.3, 0.4) is 0 Å². The molecule has 0 saturated carbocycles. The van der Waals surface area contributed by atoms with Gasteiger partial charge in [0.2, 0.25) is 5.91 Å². The van der Waals surface area contributed by atoms with Crippen molar-refractivity contribution < 1.29 is 28.5 Å². The molecule has 3 N–H and O–H groups in total. The van der Waals surface area contributed by atoms with Crippen LogP contribution in [0.2, 0.25) is 0 Å². The summed E-state index contributed by atoms with van der Waals surface area (Å²) in [4.78, 5) is 19.6. The monoisotopic (exact) mass is 618 g/mol. The van der Waals surface area contributed by atoms with E-state index in [0.29, 0.717) is 40.7 Å². The first-order chi connectivity index (χ1) is 21.3. The van der Waals surface area contributed by atoms with Crippen molar-refractivity contribution in [1.29, 1.82) is 0 Å². The first kappa shape index (κ1) is 31.1. The molecule has 1 fully saturated rings. The quantitative estimate of drug-likeness (QED) is 0.206. The van der Waals surface area contributed by atoms with Crippen molar-refractivity contribution in [3.63, 3.8) is 0 Å². The standard InChI is InChI=1S/C27H31FN4O5S.C6H4/c1-17(34)32(27(29)38)19-3-4-24(21(28)13-19)37-23-5-8-30-22-15-26(25(35-2)14-20(22)23)36-12-11-31-9-6-18(16-33)7-10-31;1-2-5-4-6(5)3-1/h3-5,8,13-15,18,33H,6-7,9-12,16H2,1-2H3,(H2,29,38);1-4H. The number of carbonyl (C=O) groups is 1. The van der Waals surface area contributed by atoms with Crippen molar-refractivity contribution in [2.45, 2.75) is 19.8 Å². The van der Waals surface area contributed by atoms with Gasteiger partial charge in [-0.3, -0.25) is 19.6 Å². The number of piperidine rings is 1. The lowest BCUT2D eigenvalue weighted by Crippen LogP contribution is -2.39. The van der Waals surface area contributed by atoms with Crippen LogP contribution in [-0.2, 0) is 4.79 Å². The molecule has 6 rings (SSSR count). The number of carbonyl (C=O) groups excluding carboxylic acids is 1. The molecule has 0 radical (unpaired) electrons. The number of methoxy groups -OCH3 is 1. The molecule has 1 aliphatic heterocycles. The number of halogens is 1. The number of nitrogens with two attached hydrogens (primary N) is 1. The number of pyridine rings is 1. The van der Waals surface area contributed by atoms with Crippen LogP contribution in [0.4, 0.5) is 10.1 Å². The predicted molar refractivity (Wildman–Crippen MR) is 172 cm³/mol. The van der Waals surface area contributed by atoms with Gasteiger partial charge in [-0.15, -0.1) is 0 Å². The molecule has 3 aromatic rings. The number of likely N-dealkylation sites (tertiary alicyclic amines) is 1. The maximum Gasteiger partial charge on any atom is 0.230 e. The van der Waals surface area contributed by atoms with E-state index in [0.717, 1.165) is 43.4 Å². The number of nitrogens with zero attached hydrogens (tertiary/aromatic N) is 3. The van der Waals surface area contributed by atoms with Crippen LogP contribution in [0.1, 0.15) is 19.8 Å². The van der Waals surface area contributed by atoms with Crippen molar-refractivity contribution in [2.24, 2.45) is 11.7 Å². The average Bonchev–Trinajstić information content (AvgIpc) is 3.61. The number of anilines is 1. The lowest BCUT2D eigenvalue weighted by Gasteiger charge is -2.30. The molecule has 3 aliphatic rings. The van der Waals surface area contributed by atoms with E-state index >= 15 is 0 Å². The normalized spacial score (nSPS) is 13.9. The fourth-order valence-corrected chi connectivity index (χ4v) is 5.37. The predicted octanol–water partition coefficient (Wildman–Crippen LogP) is 5.52. The topological polar surface area (TPSA) is 110 Å². The Kier molecular flexibility index (Phi) is 9.89. The lowest BCUT2D eigenvalue weighted by molar-refractivity contribution is -0.115. The van der Waals surface area contributed by atoms with E-state index in [9.17, 15) is 14.3 Å². The molecule has 0 atom stereocenters. The van der Waals surface area contributed by atoms with E-state index in [1.165, 1.54) is 30.2 Å². The minimum atomic E-state index is -0.690. The van der Waals surface area contributed by atoms with Crippen molar-refractivity contribution >= 4 is 39.8 Å². The number of hydrogen-bond acceptors (Lipinski definition) is 8. The van der Waals surface area contributed by atoms with Gasteiger partial charge in [-0.25, -0.2) is 4.39 Å². The molecule has 0 spiro atoms. The van der Waals surface area contributed by atoms with Crippen molar-refractivity contribution in [3.8, 4) is 34.1 Å². The first-order valence-corrected chi connectivity index (χ1v) is 14.8. The van der Waals surface area contributed by atoms with Gasteiger partial charge in [0.15, 0.2) is 28.2 Å². The van der Waals surface area contributed by atoms with Gasteiger partial charge in [0.05, 0.1) is 18.3 Å². The van der Waals surface area contributed by atoms with Crippen molar-refractivity contribution in [1.82, 2.24) is 9.88 Å². The number of rotatable bonds is 9. The maximum atomic E-state index is 14.9. The number of fused-ring (bicyclic) bond motifs is 2. The van der Waals surface area contributed by atoms with E-state index in [2.05, 4.69) is 34.1 Å². The number of ether oxygens (including phenoxy) is 3. The summed E-state index contributed by atoms with van der Waals surface area (Å²) in [5.74, 6) is 0.646. The minimum absolute atomic E-state index is 0.0445. The lowest BCUT2D eigenvalue weighted by atomic mass is 9.98. The Hall–Kier alpha value is -4.32. The third-order valence-corrected chi connectivity index (χ3v) is 7.84. The highest BCUT2D eigenvalue weighted by molar-refractivity contribution is 7.80. The Bertz CT molecular complexity index is 1630. The van der Waals surface area contributed by atoms with Crippen molar-refractivity contribution in [3.05, 3.63) is 72.7 Å². The van der Waals surface area contributed by atoms with Gasteiger partial charge >= 0.3 is 0 Å². The van der Waals surface area contributed by atoms with Crippen molar-refractivity contribution in [2.75, 3.05) is 44.9 Å². The molecule has 1 amide bonds. The average molecular weight is 619 g/mol. The summed E-state index contributed by atoms with van der Waals surface area (Å²) in [6.45, 7) is 4.65. The molecular weight excluding hydrogens is 583 g/mol. The Morgan fingerprint density at radius 2 is 1.82 bits per heavy atom. The van der Waals surface area contributed by atoms with Crippen LogP contribution in [0, 0.1) is 11.7 Å². The summed E-state index contributed by atoms with van der Waals surface area (Å²) in [7, 11) is 1.55. The zero-order chi connectivity index (χ0) is 31.2. The van der Waals surface area contributed by atoms with Crippen LogP contribution < -0.4 is 24.8 Å². The molecule has 2 aliphatic carbocycles. The highest BCUT2D eigenvalue weighted by Gasteiger charge is 2.20. The maximum absolute atomic E-state index is 14.9. The van der Waals surface area contributed by atoms with Crippen LogP contribution in [0.25, 0.3) is 22.0 Å². The van der Waals surface area contributed by atoms with Gasteiger partial charge in [-0.1, -0.05) is 18.2 Å². The van der Waals surface area contributed by atoms with E-state index in [1.54, 1.807) is 31.5 Å². The van der Waals surface area contributed by atoms with E-state index in [1.807, 2.05) is 0 Å². The number of thiocarbonyl (C=S) groups is 1. The molecule has 0 unspecified atom stereocenters. The number of benzene rings is 3. The van der Waals surface area contributed by atoms with Crippen LogP contribution in [-0.4, -0.2) is 66.0 Å². The summed E-state index contributed by atoms with van der Waals surface area (Å²) in [5.41, 5.74) is 9.25. The Morgan fingerprint density at radius 3 is 2.39 bits per heavy atom. The van der Waals surface area contributed by atoms with Gasteiger partial charge in [-0.2, -0.15) is 0 Å². The fraction of sp³-hybridized carbons (Fsp3) is 0.303. The van der Waals surface area contributed by atoms with Gasteiger partial charge < -0.3 is 25.1 Å². The molecular formula is C33H35FN4O5S. The third-order valence-electron chi connectivity index (χ3n) is 7.66. The molecule has 230 valence electrons. The summed E-state index contributed by atoms with van der Waals surface area (Å²) in [6, 6.07) is 17.7. The summed E-state index contributed by atoms with van der Waals surface area (Å²) in [5, 5.41) is 9.75. The second-order valence-electron chi connectivity index (χ2n) is 10.6. The largest absolute Gasteiger partial charge is 0.493 e. The second kappa shape index (κ2) is 14.0. The Labute approximate surface area is 261 Å². The third kappa shape index (κ3) is 7.42.